The quantitative estimate of drug-likeness (QED) is 0.860. The summed E-state index contributed by atoms with van der Waals surface area (Å²) in [6.07, 6.45) is 5.08. The normalized spacial score (nSPS) is 14.6. The first kappa shape index (κ1) is 14.7. The predicted molar refractivity (Wildman–Crippen MR) is 87.7 cm³/mol. The van der Waals surface area contributed by atoms with Gasteiger partial charge in [-0.25, -0.2) is 9.97 Å². The lowest BCUT2D eigenvalue weighted by Gasteiger charge is -2.10. The van der Waals surface area contributed by atoms with Crippen molar-refractivity contribution in [3.8, 4) is 0 Å². The Bertz CT molecular complexity index is 677. The summed E-state index contributed by atoms with van der Waals surface area (Å²) in [6.45, 7) is 4.35. The number of benzene rings is 1. The van der Waals surface area contributed by atoms with Crippen molar-refractivity contribution < 1.29 is 4.79 Å². The fourth-order valence-electron chi connectivity index (χ4n) is 2.69. The van der Waals surface area contributed by atoms with Gasteiger partial charge in [-0.2, -0.15) is 0 Å². The SMILES string of the molecule is CC(C)c1ccc(Nc2ncc3c(n2)CCCCC3=O)cc1. The number of fused-ring (bicyclic) bond motifs is 1. The van der Waals surface area contributed by atoms with E-state index in [1.54, 1.807) is 6.20 Å². The van der Waals surface area contributed by atoms with Gasteiger partial charge < -0.3 is 5.32 Å². The first-order chi connectivity index (χ1) is 10.6. The monoisotopic (exact) mass is 295 g/mol. The molecule has 0 saturated heterocycles. The van der Waals surface area contributed by atoms with Gasteiger partial charge in [-0.05, 0) is 42.9 Å². The van der Waals surface area contributed by atoms with E-state index in [0.717, 1.165) is 30.6 Å². The minimum absolute atomic E-state index is 0.167. The van der Waals surface area contributed by atoms with Gasteiger partial charge in [0, 0.05) is 18.3 Å². The van der Waals surface area contributed by atoms with Crippen molar-refractivity contribution in [1.29, 1.82) is 0 Å². The number of Topliss-reactive ketones (excluding diaryl/α,β-unsaturated/α-hetero) is 1. The number of aryl methyl sites for hydroxylation is 1. The lowest BCUT2D eigenvalue weighted by atomic mass is 10.0. The molecule has 22 heavy (non-hydrogen) atoms. The number of rotatable bonds is 3. The van der Waals surface area contributed by atoms with Crippen molar-refractivity contribution in [3.63, 3.8) is 0 Å². The lowest BCUT2D eigenvalue weighted by molar-refractivity contribution is 0.0981. The minimum atomic E-state index is 0.167. The van der Waals surface area contributed by atoms with E-state index in [1.807, 2.05) is 12.1 Å². The maximum Gasteiger partial charge on any atom is 0.227 e. The standard InChI is InChI=1S/C18H21N3O/c1-12(2)13-7-9-14(10-8-13)20-18-19-11-15-16(21-18)5-3-4-6-17(15)22/h7-12H,3-6H2,1-2H3,(H,19,20,21). The molecule has 4 nitrogen and oxygen atoms in total. The molecule has 0 amide bonds. The van der Waals surface area contributed by atoms with Gasteiger partial charge in [-0.1, -0.05) is 26.0 Å². The Morgan fingerprint density at radius 1 is 1.09 bits per heavy atom. The summed E-state index contributed by atoms with van der Waals surface area (Å²) in [7, 11) is 0. The fourth-order valence-corrected chi connectivity index (χ4v) is 2.69. The summed E-state index contributed by atoms with van der Waals surface area (Å²) >= 11 is 0. The highest BCUT2D eigenvalue weighted by Gasteiger charge is 2.17. The van der Waals surface area contributed by atoms with Crippen molar-refractivity contribution in [2.24, 2.45) is 0 Å². The van der Waals surface area contributed by atoms with E-state index in [1.165, 1.54) is 5.56 Å². The highest BCUT2D eigenvalue weighted by atomic mass is 16.1. The molecule has 114 valence electrons. The van der Waals surface area contributed by atoms with Crippen LogP contribution in [0.2, 0.25) is 0 Å². The van der Waals surface area contributed by atoms with Gasteiger partial charge >= 0.3 is 0 Å². The number of carbonyl (C=O) groups excluding carboxylic acids is 1. The molecule has 0 saturated carbocycles. The Morgan fingerprint density at radius 3 is 2.55 bits per heavy atom. The Balaban J connectivity index is 1.81. The molecule has 4 heteroatoms. The average Bonchev–Trinajstić information content (AvgIpc) is 2.69. The summed E-state index contributed by atoms with van der Waals surface area (Å²) in [5, 5.41) is 3.22. The molecule has 0 aliphatic heterocycles. The third-order valence-electron chi connectivity index (χ3n) is 4.07. The van der Waals surface area contributed by atoms with Gasteiger partial charge in [0.05, 0.1) is 11.3 Å². The summed E-state index contributed by atoms with van der Waals surface area (Å²) in [6, 6.07) is 8.30. The second-order valence-corrected chi connectivity index (χ2v) is 6.09. The predicted octanol–water partition coefficient (Wildman–Crippen LogP) is 4.25. The van der Waals surface area contributed by atoms with Crippen LogP contribution in [0.25, 0.3) is 0 Å². The van der Waals surface area contributed by atoms with Crippen LogP contribution in [0.4, 0.5) is 11.6 Å². The summed E-state index contributed by atoms with van der Waals surface area (Å²) in [5.74, 6) is 1.25. The molecular weight excluding hydrogens is 274 g/mol. The van der Waals surface area contributed by atoms with Crippen LogP contribution in [0, 0.1) is 0 Å². The van der Waals surface area contributed by atoms with Crippen molar-refractivity contribution in [2.75, 3.05) is 5.32 Å². The highest BCUT2D eigenvalue weighted by molar-refractivity contribution is 5.97. The zero-order valence-corrected chi connectivity index (χ0v) is 13.1. The summed E-state index contributed by atoms with van der Waals surface area (Å²) < 4.78 is 0. The first-order valence-electron chi connectivity index (χ1n) is 7.89. The summed E-state index contributed by atoms with van der Waals surface area (Å²) in [5.41, 5.74) is 3.83. The molecule has 2 aromatic rings. The third kappa shape index (κ3) is 3.16. The van der Waals surface area contributed by atoms with Crippen LogP contribution < -0.4 is 5.32 Å². The molecular formula is C18H21N3O. The number of ketones is 1. The largest absolute Gasteiger partial charge is 0.324 e. The molecule has 0 spiro atoms. The number of hydrogen-bond donors (Lipinski definition) is 1. The van der Waals surface area contributed by atoms with E-state index in [2.05, 4.69) is 41.3 Å². The summed E-state index contributed by atoms with van der Waals surface area (Å²) in [4.78, 5) is 20.8. The van der Waals surface area contributed by atoms with E-state index in [0.29, 0.717) is 23.9 Å². The third-order valence-corrected chi connectivity index (χ3v) is 4.07. The molecule has 1 N–H and O–H groups in total. The number of nitrogens with zero attached hydrogens (tertiary/aromatic N) is 2. The Morgan fingerprint density at radius 2 is 1.82 bits per heavy atom. The van der Waals surface area contributed by atoms with Gasteiger partial charge in [-0.15, -0.1) is 0 Å². The van der Waals surface area contributed by atoms with Crippen LogP contribution in [0.3, 0.4) is 0 Å². The van der Waals surface area contributed by atoms with E-state index >= 15 is 0 Å². The molecule has 1 aliphatic carbocycles. The Labute approximate surface area is 131 Å². The van der Waals surface area contributed by atoms with E-state index in [-0.39, 0.29) is 5.78 Å². The maximum absolute atomic E-state index is 12.0. The number of carbonyl (C=O) groups is 1. The van der Waals surface area contributed by atoms with Crippen LogP contribution in [0.5, 0.6) is 0 Å². The van der Waals surface area contributed by atoms with Crippen LogP contribution in [0.15, 0.2) is 30.5 Å². The molecule has 0 fully saturated rings. The van der Waals surface area contributed by atoms with Crippen molar-refractivity contribution >= 4 is 17.4 Å². The molecule has 1 aliphatic rings. The van der Waals surface area contributed by atoms with Gasteiger partial charge in [0.2, 0.25) is 5.95 Å². The number of hydrogen-bond acceptors (Lipinski definition) is 4. The van der Waals surface area contributed by atoms with Gasteiger partial charge in [0.15, 0.2) is 5.78 Å². The molecule has 0 radical (unpaired) electrons. The van der Waals surface area contributed by atoms with Crippen LogP contribution >= 0.6 is 0 Å². The Hall–Kier alpha value is -2.23. The lowest BCUT2D eigenvalue weighted by Crippen LogP contribution is -2.07. The smallest absolute Gasteiger partial charge is 0.227 e. The fraction of sp³-hybridized carbons (Fsp3) is 0.389. The molecule has 0 bridgehead atoms. The highest BCUT2D eigenvalue weighted by Crippen LogP contribution is 2.22. The number of nitrogens with one attached hydrogen (secondary N) is 1. The number of aromatic nitrogens is 2. The second-order valence-electron chi connectivity index (χ2n) is 6.09. The number of anilines is 2. The van der Waals surface area contributed by atoms with E-state index in [4.69, 9.17) is 0 Å². The van der Waals surface area contributed by atoms with Crippen molar-refractivity contribution in [3.05, 3.63) is 47.3 Å². The van der Waals surface area contributed by atoms with Gasteiger partial charge in [0.1, 0.15) is 0 Å². The molecule has 1 aromatic carbocycles. The zero-order valence-electron chi connectivity index (χ0n) is 13.1. The molecule has 3 rings (SSSR count). The van der Waals surface area contributed by atoms with Crippen LogP contribution in [-0.2, 0) is 6.42 Å². The molecule has 1 aromatic heterocycles. The van der Waals surface area contributed by atoms with Gasteiger partial charge in [0.25, 0.3) is 0 Å². The molecule has 0 atom stereocenters. The topological polar surface area (TPSA) is 54.9 Å². The molecule has 1 heterocycles. The molecule has 0 unspecified atom stereocenters. The van der Waals surface area contributed by atoms with Crippen LogP contribution in [-0.4, -0.2) is 15.8 Å². The van der Waals surface area contributed by atoms with Crippen LogP contribution in [0.1, 0.15) is 60.6 Å². The van der Waals surface area contributed by atoms with E-state index < -0.39 is 0 Å². The van der Waals surface area contributed by atoms with Crippen molar-refractivity contribution in [2.45, 2.75) is 45.4 Å². The minimum Gasteiger partial charge on any atom is -0.324 e. The second kappa shape index (κ2) is 6.26. The zero-order chi connectivity index (χ0) is 15.5. The van der Waals surface area contributed by atoms with Crippen molar-refractivity contribution in [1.82, 2.24) is 9.97 Å². The van der Waals surface area contributed by atoms with Gasteiger partial charge in [-0.3, -0.25) is 4.79 Å². The average molecular weight is 295 g/mol. The first-order valence-corrected chi connectivity index (χ1v) is 7.89. The van der Waals surface area contributed by atoms with E-state index in [9.17, 15) is 4.79 Å². The maximum atomic E-state index is 12.0. The Kier molecular flexibility index (Phi) is 4.18.